The third-order valence-electron chi connectivity index (χ3n) is 12.2. The van der Waals surface area contributed by atoms with Gasteiger partial charge in [-0.2, -0.15) is 0 Å². The molecule has 1 amide bonds. The van der Waals surface area contributed by atoms with Gasteiger partial charge in [-0.15, -0.1) is 6.58 Å². The Morgan fingerprint density at radius 3 is 2.50 bits per heavy atom. The van der Waals surface area contributed by atoms with Crippen LogP contribution in [0, 0.1) is 29.5 Å². The molecule has 2 fully saturated rings. The van der Waals surface area contributed by atoms with Crippen molar-refractivity contribution in [3.63, 3.8) is 0 Å². The number of unbranched alkanes of at least 4 members (excludes halogenated alkanes) is 2. The second-order valence-corrected chi connectivity index (χ2v) is 15.6. The molecule has 0 bridgehead atoms. The van der Waals surface area contributed by atoms with Crippen molar-refractivity contribution in [3.8, 4) is 11.5 Å². The molecule has 3 aliphatic carbocycles. The number of nitrogens with zero attached hydrogens (tertiary/aromatic N) is 2. The second kappa shape index (κ2) is 18.7. The molecule has 2 aromatic carbocycles. The average molecular weight is 747 g/mol. The SMILES string of the molecule is C=CCO[C@@]12Oc3ccc(O)cc3[C@H]3[C@H](CCCCO)[C@@H](CCCCO)C=C(C(=NOCC)C[C@@H]1N(Cc1ccc(F)cc1)C(=O)CCC1CCCC1)[C@H]32. The van der Waals surface area contributed by atoms with E-state index >= 15 is 0 Å². The van der Waals surface area contributed by atoms with Crippen LogP contribution in [0.1, 0.15) is 107 Å². The number of oxime groups is 1. The van der Waals surface area contributed by atoms with Crippen LogP contribution in [0.2, 0.25) is 0 Å². The van der Waals surface area contributed by atoms with Crippen molar-refractivity contribution in [1.29, 1.82) is 0 Å². The maximum atomic E-state index is 14.8. The molecule has 1 aliphatic heterocycles. The van der Waals surface area contributed by atoms with Gasteiger partial charge in [-0.05, 0) is 98.2 Å². The number of hydrogen-bond donors (Lipinski definition) is 3. The Hall–Kier alpha value is -3.73. The number of halogens is 1. The summed E-state index contributed by atoms with van der Waals surface area (Å²) in [5.41, 5.74) is 3.35. The van der Waals surface area contributed by atoms with Gasteiger partial charge in [-0.25, -0.2) is 4.39 Å². The molecule has 6 atom stereocenters. The molecule has 6 rings (SSSR count). The number of aliphatic hydroxyl groups is 2. The van der Waals surface area contributed by atoms with Crippen molar-refractivity contribution in [2.75, 3.05) is 26.4 Å². The highest BCUT2D eigenvalue weighted by Crippen LogP contribution is 2.62. The van der Waals surface area contributed by atoms with Crippen LogP contribution in [0.3, 0.4) is 0 Å². The van der Waals surface area contributed by atoms with E-state index in [0.717, 1.165) is 67.4 Å². The minimum absolute atomic E-state index is 0.0187. The summed E-state index contributed by atoms with van der Waals surface area (Å²) in [4.78, 5) is 22.5. The average Bonchev–Trinajstić information content (AvgIpc) is 3.71. The van der Waals surface area contributed by atoms with Crippen molar-refractivity contribution < 1.29 is 38.8 Å². The van der Waals surface area contributed by atoms with E-state index in [9.17, 15) is 24.5 Å². The number of amides is 1. The minimum Gasteiger partial charge on any atom is -0.508 e. The van der Waals surface area contributed by atoms with Gasteiger partial charge in [0.2, 0.25) is 11.7 Å². The highest BCUT2D eigenvalue weighted by molar-refractivity contribution is 6.03. The van der Waals surface area contributed by atoms with Crippen LogP contribution in [-0.2, 0) is 20.9 Å². The zero-order chi connectivity index (χ0) is 38.1. The number of carbonyl (C=O) groups excluding carboxylic acids is 1. The first-order valence-electron chi connectivity index (χ1n) is 20.3. The third kappa shape index (κ3) is 8.71. The molecule has 2 aromatic rings. The first kappa shape index (κ1) is 39.9. The minimum atomic E-state index is -1.38. The number of carbonyl (C=O) groups is 1. The number of hydrogen-bond acceptors (Lipinski definition) is 8. The summed E-state index contributed by atoms with van der Waals surface area (Å²) in [6.45, 7) is 6.86. The number of benzene rings is 2. The monoisotopic (exact) mass is 746 g/mol. The zero-order valence-electron chi connectivity index (χ0n) is 31.8. The van der Waals surface area contributed by atoms with Gasteiger partial charge >= 0.3 is 0 Å². The van der Waals surface area contributed by atoms with E-state index < -0.39 is 17.7 Å². The number of aliphatic hydroxyl groups excluding tert-OH is 2. The molecule has 0 saturated heterocycles. The van der Waals surface area contributed by atoms with E-state index in [-0.39, 0.29) is 61.6 Å². The van der Waals surface area contributed by atoms with Crippen molar-refractivity contribution in [2.24, 2.45) is 28.8 Å². The molecular formula is C44H59FN2O7. The lowest BCUT2D eigenvalue weighted by Crippen LogP contribution is -2.70. The Balaban J connectivity index is 1.55. The summed E-state index contributed by atoms with van der Waals surface area (Å²) < 4.78 is 28.4. The van der Waals surface area contributed by atoms with Gasteiger partial charge in [0.15, 0.2) is 0 Å². The van der Waals surface area contributed by atoms with E-state index in [4.69, 9.17) is 19.5 Å². The fourth-order valence-corrected chi connectivity index (χ4v) is 9.73. The maximum Gasteiger partial charge on any atom is 0.239 e. The Morgan fingerprint density at radius 2 is 1.80 bits per heavy atom. The van der Waals surface area contributed by atoms with E-state index in [2.05, 4.69) is 12.7 Å². The number of fused-ring (bicyclic) bond motifs is 2. The summed E-state index contributed by atoms with van der Waals surface area (Å²) in [5.74, 6) is -0.994. The Labute approximate surface area is 319 Å². The second-order valence-electron chi connectivity index (χ2n) is 15.6. The molecule has 0 radical (unpaired) electrons. The van der Waals surface area contributed by atoms with Crippen LogP contribution in [0.15, 0.2) is 71.9 Å². The fraction of sp³-hybridized carbons (Fsp3) is 0.591. The van der Waals surface area contributed by atoms with E-state index in [1.807, 2.05) is 11.8 Å². The molecule has 1 heterocycles. The first-order chi connectivity index (χ1) is 26.3. The number of rotatable bonds is 19. The zero-order valence-corrected chi connectivity index (χ0v) is 31.8. The van der Waals surface area contributed by atoms with Crippen molar-refractivity contribution in [3.05, 3.63) is 83.7 Å². The molecule has 0 unspecified atom stereocenters. The smallest absolute Gasteiger partial charge is 0.239 e. The van der Waals surface area contributed by atoms with Crippen LogP contribution in [0.5, 0.6) is 11.5 Å². The lowest BCUT2D eigenvalue weighted by atomic mass is 9.55. The van der Waals surface area contributed by atoms with Gasteiger partial charge < -0.3 is 34.5 Å². The molecule has 0 spiro atoms. The van der Waals surface area contributed by atoms with Crippen molar-refractivity contribution in [1.82, 2.24) is 4.90 Å². The quantitative estimate of drug-likeness (QED) is 0.0754. The maximum absolute atomic E-state index is 14.8. The van der Waals surface area contributed by atoms with Gasteiger partial charge in [0, 0.05) is 44.1 Å². The van der Waals surface area contributed by atoms with Crippen LogP contribution in [0.25, 0.3) is 0 Å². The fourth-order valence-electron chi connectivity index (χ4n) is 9.73. The van der Waals surface area contributed by atoms with E-state index in [1.54, 1.807) is 36.4 Å². The Bertz CT molecular complexity index is 1620. The number of ether oxygens (including phenoxy) is 2. The van der Waals surface area contributed by atoms with Crippen LogP contribution in [0.4, 0.5) is 4.39 Å². The van der Waals surface area contributed by atoms with Crippen LogP contribution < -0.4 is 4.74 Å². The van der Waals surface area contributed by atoms with Gasteiger partial charge in [0.1, 0.15) is 30.0 Å². The largest absolute Gasteiger partial charge is 0.508 e. The highest BCUT2D eigenvalue weighted by atomic mass is 19.1. The third-order valence-corrected chi connectivity index (χ3v) is 12.2. The lowest BCUT2D eigenvalue weighted by Gasteiger charge is -2.60. The molecule has 9 nitrogen and oxygen atoms in total. The topological polar surface area (TPSA) is 121 Å². The lowest BCUT2D eigenvalue weighted by molar-refractivity contribution is -0.258. The molecule has 294 valence electrons. The highest BCUT2D eigenvalue weighted by Gasteiger charge is 2.65. The predicted octanol–water partition coefficient (Wildman–Crippen LogP) is 8.18. The summed E-state index contributed by atoms with van der Waals surface area (Å²) in [7, 11) is 0. The normalized spacial score (nSPS) is 26.8. The predicted molar refractivity (Wildman–Crippen MR) is 206 cm³/mol. The molecule has 54 heavy (non-hydrogen) atoms. The summed E-state index contributed by atoms with van der Waals surface area (Å²) in [5, 5.41) is 35.3. The summed E-state index contributed by atoms with van der Waals surface area (Å²) in [6, 6.07) is 10.9. The summed E-state index contributed by atoms with van der Waals surface area (Å²) >= 11 is 0. The molecule has 2 saturated carbocycles. The Kier molecular flexibility index (Phi) is 13.9. The van der Waals surface area contributed by atoms with Crippen molar-refractivity contribution in [2.45, 2.75) is 115 Å². The first-order valence-corrected chi connectivity index (χ1v) is 20.3. The van der Waals surface area contributed by atoms with E-state index in [0.29, 0.717) is 44.0 Å². The van der Waals surface area contributed by atoms with Crippen LogP contribution in [-0.4, -0.2) is 70.1 Å². The number of phenols is 1. The number of phenolic OH excluding ortho intramolecular Hbond substituents is 1. The van der Waals surface area contributed by atoms with E-state index in [1.165, 1.54) is 25.0 Å². The van der Waals surface area contributed by atoms with Crippen LogP contribution >= 0.6 is 0 Å². The van der Waals surface area contributed by atoms with Gasteiger partial charge in [-0.3, -0.25) is 4.79 Å². The van der Waals surface area contributed by atoms with Crippen molar-refractivity contribution >= 4 is 11.6 Å². The van der Waals surface area contributed by atoms with Gasteiger partial charge in [-0.1, -0.05) is 68.0 Å². The molecule has 10 heteroatoms. The number of allylic oxidation sites excluding steroid dienone is 1. The summed E-state index contributed by atoms with van der Waals surface area (Å²) in [6.07, 6.45) is 14.8. The molecule has 0 aromatic heterocycles. The Morgan fingerprint density at radius 1 is 1.06 bits per heavy atom. The van der Waals surface area contributed by atoms with Gasteiger partial charge in [0.05, 0.1) is 18.2 Å². The standard InChI is InChI=1S/C44H59FN2O7/c1-3-25-52-44-40(47(29-31-15-18-33(45)19-16-31)41(51)22-17-30-11-5-6-12-30)28-38(46-53-4-2)36-26-32(13-7-9-23-48)35(14-8-10-24-49)42(43(36)44)37-27-34(50)20-21-39(37)54-44/h3,15-16,18-21,26-27,30,32,35,40,42-43,48-50H,1,4-14,17,22-25,28-29H2,2H3/t32-,35+,40-,42+,43+,44+/m0/s1. The molecule has 4 aliphatic rings. The molecular weight excluding hydrogens is 687 g/mol. The van der Waals surface area contributed by atoms with Gasteiger partial charge in [0.25, 0.3) is 0 Å². The number of aromatic hydroxyl groups is 1. The molecule has 3 N–H and O–H groups in total.